The fraction of sp³-hybridized carbons (Fsp3) is 0.222. The van der Waals surface area contributed by atoms with E-state index in [4.69, 9.17) is 4.42 Å². The van der Waals surface area contributed by atoms with E-state index in [0.717, 1.165) is 11.6 Å². The molecule has 2 rings (SSSR count). The van der Waals surface area contributed by atoms with Crippen LogP contribution in [0.25, 0.3) is 0 Å². The molecular weight excluding hydrogens is 180 g/mol. The molecule has 14 heavy (non-hydrogen) atoms. The molecule has 0 aliphatic carbocycles. The molecule has 0 unspecified atom stereocenters. The fourth-order valence-electron chi connectivity index (χ4n) is 1.11. The van der Waals surface area contributed by atoms with Crippen molar-refractivity contribution in [1.82, 2.24) is 14.9 Å². The lowest BCUT2D eigenvalue weighted by Gasteiger charge is -1.94. The summed E-state index contributed by atoms with van der Waals surface area (Å²) in [4.78, 5) is 0. The van der Waals surface area contributed by atoms with Gasteiger partial charge in [-0.2, -0.15) is 5.10 Å². The number of rotatable bonds is 2. The Morgan fingerprint density at radius 1 is 1.36 bits per heavy atom. The van der Waals surface area contributed by atoms with Crippen molar-refractivity contribution in [2.24, 2.45) is 5.10 Å². The summed E-state index contributed by atoms with van der Waals surface area (Å²) in [5.74, 6) is 2.22. The van der Waals surface area contributed by atoms with Gasteiger partial charge in [0.1, 0.15) is 5.76 Å². The molecule has 2 aromatic heterocycles. The molecule has 0 aliphatic heterocycles. The summed E-state index contributed by atoms with van der Waals surface area (Å²) in [6, 6.07) is 3.64. The van der Waals surface area contributed by atoms with Crippen molar-refractivity contribution in [3.63, 3.8) is 0 Å². The van der Waals surface area contributed by atoms with E-state index in [0.29, 0.717) is 5.76 Å². The zero-order chi connectivity index (χ0) is 9.97. The number of furan rings is 1. The second-order valence-electron chi connectivity index (χ2n) is 2.87. The monoisotopic (exact) mass is 190 g/mol. The highest BCUT2D eigenvalue weighted by Gasteiger charge is 2.01. The van der Waals surface area contributed by atoms with Crippen LogP contribution < -0.4 is 0 Å². The molecule has 2 heterocycles. The molecule has 0 N–H and O–H groups in total. The van der Waals surface area contributed by atoms with E-state index in [1.54, 1.807) is 17.2 Å². The van der Waals surface area contributed by atoms with Gasteiger partial charge in [0.25, 0.3) is 0 Å². The van der Waals surface area contributed by atoms with Crippen LogP contribution in [-0.4, -0.2) is 21.1 Å². The third-order valence-electron chi connectivity index (χ3n) is 1.80. The van der Waals surface area contributed by atoms with Gasteiger partial charge in [-0.25, -0.2) is 4.68 Å². The molecule has 5 heteroatoms. The second kappa shape index (κ2) is 3.45. The average molecular weight is 190 g/mol. The minimum atomic E-state index is 0.706. The molecule has 0 amide bonds. The number of hydrogen-bond donors (Lipinski definition) is 0. The third kappa shape index (κ3) is 1.56. The van der Waals surface area contributed by atoms with Crippen LogP contribution in [0.15, 0.2) is 27.9 Å². The summed E-state index contributed by atoms with van der Waals surface area (Å²) in [6.45, 7) is 3.69. The van der Waals surface area contributed by atoms with E-state index in [1.165, 1.54) is 0 Å². The number of aromatic nitrogens is 3. The Morgan fingerprint density at radius 3 is 2.64 bits per heavy atom. The van der Waals surface area contributed by atoms with Gasteiger partial charge in [0, 0.05) is 0 Å². The molecule has 0 fully saturated rings. The van der Waals surface area contributed by atoms with Gasteiger partial charge in [0.05, 0.1) is 12.5 Å². The maximum Gasteiger partial charge on any atom is 0.151 e. The Morgan fingerprint density at radius 2 is 2.07 bits per heavy atom. The Balaban J connectivity index is 2.26. The first-order valence-electron chi connectivity index (χ1n) is 4.24. The van der Waals surface area contributed by atoms with Crippen molar-refractivity contribution in [1.29, 1.82) is 0 Å². The average Bonchev–Trinajstić information content (AvgIpc) is 2.76. The van der Waals surface area contributed by atoms with Crippen LogP contribution >= 0.6 is 0 Å². The lowest BCUT2D eigenvalue weighted by Crippen LogP contribution is -1.95. The van der Waals surface area contributed by atoms with Crippen molar-refractivity contribution in [3.05, 3.63) is 35.8 Å². The van der Waals surface area contributed by atoms with Gasteiger partial charge in [0.15, 0.2) is 11.6 Å². The Kier molecular flexibility index (Phi) is 2.14. The largest absolute Gasteiger partial charge is 0.463 e. The minimum absolute atomic E-state index is 0.706. The van der Waals surface area contributed by atoms with E-state index < -0.39 is 0 Å². The van der Waals surface area contributed by atoms with Gasteiger partial charge >= 0.3 is 0 Å². The Hall–Kier alpha value is -1.91. The molecule has 5 nitrogen and oxygen atoms in total. The van der Waals surface area contributed by atoms with Crippen LogP contribution in [0.2, 0.25) is 0 Å². The van der Waals surface area contributed by atoms with Gasteiger partial charge in [0.2, 0.25) is 0 Å². The molecule has 0 aliphatic rings. The van der Waals surface area contributed by atoms with Crippen LogP contribution in [0.3, 0.4) is 0 Å². The standard InChI is InChI=1S/C9H10N4O/c1-7-11-12-8(2)13(7)10-6-9-4-3-5-14-9/h3-6H,1-2H3. The first kappa shape index (κ1) is 8.68. The van der Waals surface area contributed by atoms with Crippen molar-refractivity contribution in [3.8, 4) is 0 Å². The van der Waals surface area contributed by atoms with E-state index in [9.17, 15) is 0 Å². The van der Waals surface area contributed by atoms with Gasteiger partial charge in [-0.3, -0.25) is 0 Å². The number of aryl methyl sites for hydroxylation is 2. The quantitative estimate of drug-likeness (QED) is 0.672. The van der Waals surface area contributed by atoms with Gasteiger partial charge in [-0.05, 0) is 26.0 Å². The fourth-order valence-corrected chi connectivity index (χ4v) is 1.11. The number of hydrogen-bond acceptors (Lipinski definition) is 4. The lowest BCUT2D eigenvalue weighted by atomic mass is 10.5. The van der Waals surface area contributed by atoms with E-state index in [1.807, 2.05) is 26.0 Å². The van der Waals surface area contributed by atoms with Crippen LogP contribution in [0.1, 0.15) is 17.4 Å². The topological polar surface area (TPSA) is 56.2 Å². The summed E-state index contributed by atoms with van der Waals surface area (Å²) in [5.41, 5.74) is 0. The molecule has 0 atom stereocenters. The molecule has 72 valence electrons. The molecule has 2 aromatic rings. The Bertz CT molecular complexity index is 422. The summed E-state index contributed by atoms with van der Waals surface area (Å²) in [6.07, 6.45) is 3.23. The van der Waals surface area contributed by atoms with Gasteiger partial charge in [-0.15, -0.1) is 10.2 Å². The van der Waals surface area contributed by atoms with E-state index >= 15 is 0 Å². The highest BCUT2D eigenvalue weighted by atomic mass is 16.3. The van der Waals surface area contributed by atoms with Crippen LogP contribution in [-0.2, 0) is 0 Å². The van der Waals surface area contributed by atoms with E-state index in [2.05, 4.69) is 15.3 Å². The third-order valence-corrected chi connectivity index (χ3v) is 1.80. The van der Waals surface area contributed by atoms with Crippen molar-refractivity contribution < 1.29 is 4.42 Å². The molecule has 0 saturated heterocycles. The Labute approximate surface area is 81.1 Å². The molecular formula is C9H10N4O. The van der Waals surface area contributed by atoms with Gasteiger partial charge < -0.3 is 4.42 Å². The van der Waals surface area contributed by atoms with Crippen molar-refractivity contribution in [2.75, 3.05) is 0 Å². The van der Waals surface area contributed by atoms with Crippen LogP contribution in [0.4, 0.5) is 0 Å². The zero-order valence-electron chi connectivity index (χ0n) is 8.01. The minimum Gasteiger partial charge on any atom is -0.463 e. The number of nitrogens with zero attached hydrogens (tertiary/aromatic N) is 4. The lowest BCUT2D eigenvalue weighted by molar-refractivity contribution is 0.559. The second-order valence-corrected chi connectivity index (χ2v) is 2.87. The molecule has 0 spiro atoms. The molecule has 0 radical (unpaired) electrons. The summed E-state index contributed by atoms with van der Waals surface area (Å²) in [7, 11) is 0. The summed E-state index contributed by atoms with van der Waals surface area (Å²) < 4.78 is 6.76. The maximum absolute atomic E-state index is 5.11. The van der Waals surface area contributed by atoms with Crippen LogP contribution in [0.5, 0.6) is 0 Å². The predicted molar refractivity (Wildman–Crippen MR) is 51.2 cm³/mol. The van der Waals surface area contributed by atoms with Crippen molar-refractivity contribution >= 4 is 6.21 Å². The maximum atomic E-state index is 5.11. The van der Waals surface area contributed by atoms with Gasteiger partial charge in [-0.1, -0.05) is 0 Å². The predicted octanol–water partition coefficient (Wildman–Crippen LogP) is 1.37. The SMILES string of the molecule is Cc1nnc(C)n1N=Cc1ccco1. The summed E-state index contributed by atoms with van der Waals surface area (Å²) >= 11 is 0. The van der Waals surface area contributed by atoms with Crippen molar-refractivity contribution in [2.45, 2.75) is 13.8 Å². The van der Waals surface area contributed by atoms with Crippen LogP contribution in [0, 0.1) is 13.8 Å². The molecule has 0 aromatic carbocycles. The zero-order valence-corrected chi connectivity index (χ0v) is 8.01. The highest BCUT2D eigenvalue weighted by molar-refractivity contribution is 5.75. The summed E-state index contributed by atoms with van der Waals surface area (Å²) in [5, 5.41) is 12.0. The highest BCUT2D eigenvalue weighted by Crippen LogP contribution is 2.00. The first-order valence-corrected chi connectivity index (χ1v) is 4.24. The molecule has 0 bridgehead atoms. The molecule has 0 saturated carbocycles. The first-order chi connectivity index (χ1) is 6.77. The van der Waals surface area contributed by atoms with E-state index in [-0.39, 0.29) is 0 Å². The smallest absolute Gasteiger partial charge is 0.151 e. The normalized spacial score (nSPS) is 11.3.